The molecule has 6 nitrogen and oxygen atoms in total. The smallest absolute Gasteiger partial charge is 0.410 e. The normalized spacial score (nSPS) is 16.8. The van der Waals surface area contributed by atoms with Crippen LogP contribution in [-0.2, 0) is 24.5 Å². The van der Waals surface area contributed by atoms with Gasteiger partial charge in [-0.1, -0.05) is 42.5 Å². The maximum absolute atomic E-state index is 12.3. The van der Waals surface area contributed by atoms with E-state index in [1.54, 1.807) is 4.90 Å². The molecule has 1 aromatic heterocycles. The van der Waals surface area contributed by atoms with E-state index in [1.165, 1.54) is 0 Å². The summed E-state index contributed by atoms with van der Waals surface area (Å²) in [6, 6.07) is 17.6. The minimum absolute atomic E-state index is 0.0930. The van der Waals surface area contributed by atoms with Gasteiger partial charge in [0.25, 0.3) is 0 Å². The van der Waals surface area contributed by atoms with Crippen molar-refractivity contribution in [2.24, 2.45) is 5.92 Å². The van der Waals surface area contributed by atoms with Crippen LogP contribution in [0, 0.1) is 5.92 Å². The molecule has 1 fully saturated rings. The van der Waals surface area contributed by atoms with Crippen molar-refractivity contribution in [1.29, 1.82) is 0 Å². The molecule has 1 unspecified atom stereocenters. The highest BCUT2D eigenvalue weighted by molar-refractivity contribution is 5.75. The highest BCUT2D eigenvalue weighted by Crippen LogP contribution is 2.23. The number of hydrogen-bond acceptors (Lipinski definition) is 4. The van der Waals surface area contributed by atoms with E-state index in [4.69, 9.17) is 4.74 Å². The van der Waals surface area contributed by atoms with Crippen molar-refractivity contribution in [3.63, 3.8) is 0 Å². The molecule has 1 saturated heterocycles. The molecule has 140 valence electrons. The number of nitrogens with zero attached hydrogens (tertiary/aromatic N) is 3. The van der Waals surface area contributed by atoms with E-state index in [2.05, 4.69) is 9.55 Å². The number of imidazole rings is 1. The SMILES string of the molecule is O=C(OCc1ccccc1)N1CCC(Cn2c(CO)nc3ccccc32)C1. The Morgan fingerprint density at radius 1 is 1.15 bits per heavy atom. The van der Waals surface area contributed by atoms with E-state index in [0.717, 1.165) is 29.6 Å². The zero-order valence-electron chi connectivity index (χ0n) is 15.1. The van der Waals surface area contributed by atoms with Gasteiger partial charge in [-0.15, -0.1) is 0 Å². The standard InChI is InChI=1S/C21H23N3O3/c25-14-20-22-18-8-4-5-9-19(18)24(20)13-17-10-11-23(12-17)21(26)27-15-16-6-2-1-3-7-16/h1-9,17,25H,10-15H2. The van der Waals surface area contributed by atoms with Gasteiger partial charge in [0, 0.05) is 19.6 Å². The maximum Gasteiger partial charge on any atom is 0.410 e. The topological polar surface area (TPSA) is 67.6 Å². The zero-order chi connectivity index (χ0) is 18.6. The van der Waals surface area contributed by atoms with Crippen molar-refractivity contribution in [3.05, 3.63) is 66.0 Å². The van der Waals surface area contributed by atoms with Crippen LogP contribution >= 0.6 is 0 Å². The highest BCUT2D eigenvalue weighted by atomic mass is 16.6. The molecule has 0 radical (unpaired) electrons. The number of hydrogen-bond donors (Lipinski definition) is 1. The predicted octanol–water partition coefficient (Wildman–Crippen LogP) is 3.19. The van der Waals surface area contributed by atoms with E-state index in [1.807, 2.05) is 54.6 Å². The van der Waals surface area contributed by atoms with Crippen LogP contribution in [0.2, 0.25) is 0 Å². The Bertz CT molecular complexity index is 923. The van der Waals surface area contributed by atoms with E-state index in [9.17, 15) is 9.90 Å². The summed E-state index contributed by atoms with van der Waals surface area (Å²) in [6.07, 6.45) is 0.650. The second-order valence-corrected chi connectivity index (χ2v) is 6.93. The van der Waals surface area contributed by atoms with Gasteiger partial charge in [-0.05, 0) is 30.0 Å². The average molecular weight is 365 g/mol. The van der Waals surface area contributed by atoms with Gasteiger partial charge in [-0.2, -0.15) is 0 Å². The lowest BCUT2D eigenvalue weighted by Gasteiger charge is -2.17. The fourth-order valence-corrected chi connectivity index (χ4v) is 3.67. The molecule has 6 heteroatoms. The highest BCUT2D eigenvalue weighted by Gasteiger charge is 2.28. The van der Waals surface area contributed by atoms with Crippen LogP contribution < -0.4 is 0 Å². The van der Waals surface area contributed by atoms with Crippen molar-refractivity contribution in [3.8, 4) is 0 Å². The van der Waals surface area contributed by atoms with Gasteiger partial charge < -0.3 is 19.3 Å². The van der Waals surface area contributed by atoms with Crippen molar-refractivity contribution in [2.45, 2.75) is 26.2 Å². The number of ether oxygens (including phenoxy) is 1. The number of rotatable bonds is 5. The molecule has 0 spiro atoms. The van der Waals surface area contributed by atoms with Crippen molar-refractivity contribution >= 4 is 17.1 Å². The monoisotopic (exact) mass is 365 g/mol. The molecule has 0 saturated carbocycles. The van der Waals surface area contributed by atoms with Crippen molar-refractivity contribution in [1.82, 2.24) is 14.5 Å². The Balaban J connectivity index is 1.38. The molecular formula is C21H23N3O3. The number of para-hydroxylation sites is 2. The van der Waals surface area contributed by atoms with E-state index in [-0.39, 0.29) is 12.7 Å². The summed E-state index contributed by atoms with van der Waals surface area (Å²) in [6.45, 7) is 2.29. The molecule has 1 aliphatic rings. The van der Waals surface area contributed by atoms with E-state index < -0.39 is 0 Å². The molecule has 2 heterocycles. The van der Waals surface area contributed by atoms with Crippen LogP contribution in [0.15, 0.2) is 54.6 Å². The lowest BCUT2D eigenvalue weighted by atomic mass is 10.1. The predicted molar refractivity (Wildman–Crippen MR) is 102 cm³/mol. The number of carbonyl (C=O) groups excluding carboxylic acids is 1. The van der Waals surface area contributed by atoms with Gasteiger partial charge in [0.1, 0.15) is 19.0 Å². The average Bonchev–Trinajstić information content (AvgIpc) is 3.32. The second kappa shape index (κ2) is 7.80. The molecule has 0 bridgehead atoms. The van der Waals surface area contributed by atoms with Gasteiger partial charge in [-0.25, -0.2) is 9.78 Å². The molecule has 4 rings (SSSR count). The molecular weight excluding hydrogens is 342 g/mol. The lowest BCUT2D eigenvalue weighted by Crippen LogP contribution is -2.29. The quantitative estimate of drug-likeness (QED) is 0.754. The molecule has 1 amide bonds. The third kappa shape index (κ3) is 3.80. The largest absolute Gasteiger partial charge is 0.445 e. The van der Waals surface area contributed by atoms with Crippen LogP contribution in [0.4, 0.5) is 4.79 Å². The number of amides is 1. The maximum atomic E-state index is 12.3. The number of aromatic nitrogens is 2. The summed E-state index contributed by atoms with van der Waals surface area (Å²) in [7, 11) is 0. The summed E-state index contributed by atoms with van der Waals surface area (Å²) in [4.78, 5) is 18.6. The van der Waals surface area contributed by atoms with E-state index >= 15 is 0 Å². The molecule has 27 heavy (non-hydrogen) atoms. The van der Waals surface area contributed by atoms with Crippen LogP contribution in [0.5, 0.6) is 0 Å². The summed E-state index contributed by atoms with van der Waals surface area (Å²) >= 11 is 0. The zero-order valence-corrected chi connectivity index (χ0v) is 15.1. The Kier molecular flexibility index (Phi) is 5.07. The first kappa shape index (κ1) is 17.5. The lowest BCUT2D eigenvalue weighted by molar-refractivity contribution is 0.103. The van der Waals surface area contributed by atoms with Crippen LogP contribution in [0.3, 0.4) is 0 Å². The number of likely N-dealkylation sites (tertiary alicyclic amines) is 1. The van der Waals surface area contributed by atoms with Crippen LogP contribution in [0.25, 0.3) is 11.0 Å². The number of aliphatic hydroxyl groups excluding tert-OH is 1. The van der Waals surface area contributed by atoms with Crippen LogP contribution in [0.1, 0.15) is 17.8 Å². The summed E-state index contributed by atoms with van der Waals surface area (Å²) < 4.78 is 7.51. The Hall–Kier alpha value is -2.86. The molecule has 1 N–H and O–H groups in total. The number of fused-ring (bicyclic) bond motifs is 1. The Morgan fingerprint density at radius 2 is 1.93 bits per heavy atom. The molecule has 3 aromatic rings. The first-order chi connectivity index (χ1) is 13.2. The fraction of sp³-hybridized carbons (Fsp3) is 0.333. The van der Waals surface area contributed by atoms with E-state index in [0.29, 0.717) is 31.4 Å². The third-order valence-electron chi connectivity index (χ3n) is 5.06. The Labute approximate surface area is 158 Å². The molecule has 1 atom stereocenters. The Morgan fingerprint density at radius 3 is 2.74 bits per heavy atom. The first-order valence-electron chi connectivity index (χ1n) is 9.25. The summed E-state index contributed by atoms with van der Waals surface area (Å²) in [5.74, 6) is 0.985. The van der Waals surface area contributed by atoms with Crippen molar-refractivity contribution in [2.75, 3.05) is 13.1 Å². The van der Waals surface area contributed by atoms with Gasteiger partial charge in [0.05, 0.1) is 11.0 Å². The summed E-state index contributed by atoms with van der Waals surface area (Å²) in [5.41, 5.74) is 2.89. The number of benzene rings is 2. The minimum Gasteiger partial charge on any atom is -0.445 e. The number of carbonyl (C=O) groups is 1. The van der Waals surface area contributed by atoms with Crippen molar-refractivity contribution < 1.29 is 14.6 Å². The first-order valence-corrected chi connectivity index (χ1v) is 9.25. The summed E-state index contributed by atoms with van der Waals surface area (Å²) in [5, 5.41) is 9.64. The molecule has 0 aliphatic carbocycles. The van der Waals surface area contributed by atoms with Crippen LogP contribution in [-0.4, -0.2) is 38.7 Å². The molecule has 1 aliphatic heterocycles. The van der Waals surface area contributed by atoms with Gasteiger partial charge in [-0.3, -0.25) is 0 Å². The molecule has 2 aromatic carbocycles. The van der Waals surface area contributed by atoms with Gasteiger partial charge in [0.15, 0.2) is 0 Å². The minimum atomic E-state index is -0.265. The third-order valence-corrected chi connectivity index (χ3v) is 5.06. The van der Waals surface area contributed by atoms with Gasteiger partial charge >= 0.3 is 6.09 Å². The number of aliphatic hydroxyl groups is 1. The van der Waals surface area contributed by atoms with Gasteiger partial charge in [0.2, 0.25) is 0 Å². The second-order valence-electron chi connectivity index (χ2n) is 6.93. The fourth-order valence-electron chi connectivity index (χ4n) is 3.67.